The zero-order valence-electron chi connectivity index (χ0n) is 84.3. The molecule has 0 unspecified atom stereocenters. The van der Waals surface area contributed by atoms with Gasteiger partial charge >= 0.3 is 0 Å². The number of anilines is 6. The van der Waals surface area contributed by atoms with Crippen LogP contribution >= 0.6 is 0 Å². The summed E-state index contributed by atoms with van der Waals surface area (Å²) in [6.07, 6.45) is 0. The minimum atomic E-state index is -0.440. The molecular weight excluding hydrogens is 1760 g/mol. The predicted octanol–water partition coefficient (Wildman–Crippen LogP) is 34.6. The topological polar surface area (TPSA) is 62.3 Å². The predicted molar refractivity (Wildman–Crippen MR) is 615 cm³/mol. The summed E-state index contributed by atoms with van der Waals surface area (Å²) in [6.45, 7) is 35.0. The molecule has 698 valence electrons. The van der Waals surface area contributed by atoms with Crippen LogP contribution in [-0.2, 0) is 27.1 Å². The van der Waals surface area contributed by atoms with Crippen molar-refractivity contribution in [2.75, 3.05) is 9.80 Å². The van der Waals surface area contributed by atoms with E-state index >= 15 is 0 Å². The summed E-state index contributed by atoms with van der Waals surface area (Å²) in [5.41, 5.74) is 38.8. The van der Waals surface area contributed by atoms with Crippen LogP contribution in [0.4, 0.5) is 34.1 Å². The van der Waals surface area contributed by atoms with Crippen LogP contribution in [0.1, 0.15) is 132 Å². The number of furan rings is 2. The van der Waals surface area contributed by atoms with E-state index in [1.54, 1.807) is 0 Å². The van der Waals surface area contributed by atoms with Gasteiger partial charge in [-0.3, -0.25) is 0 Å². The molecule has 145 heavy (non-hydrogen) atoms. The molecule has 0 N–H and O–H groups in total. The number of hydrogen-bond donors (Lipinski definition) is 0. The van der Waals surface area contributed by atoms with Gasteiger partial charge in [-0.1, -0.05) is 274 Å². The van der Waals surface area contributed by atoms with Crippen molar-refractivity contribution in [3.05, 3.63) is 404 Å². The van der Waals surface area contributed by atoms with E-state index < -0.39 is 5.41 Å². The average Bonchev–Trinajstić information content (AvgIpc) is 1.59. The maximum absolute atomic E-state index is 6.79. The molecule has 19 aromatic carbocycles. The van der Waals surface area contributed by atoms with E-state index in [0.717, 1.165) is 200 Å². The molecule has 0 bridgehead atoms. The average molecular weight is 1870 g/mol. The molecular formula is C134H107BN8O2. The molecule has 0 radical (unpaired) electrons. The molecule has 0 fully saturated rings. The van der Waals surface area contributed by atoms with E-state index in [4.69, 9.17) is 8.83 Å². The van der Waals surface area contributed by atoms with Crippen molar-refractivity contribution in [1.29, 1.82) is 0 Å². The molecule has 0 spiro atoms. The Morgan fingerprint density at radius 3 is 0.772 bits per heavy atom. The van der Waals surface area contributed by atoms with Gasteiger partial charge in [0.2, 0.25) is 0 Å². The summed E-state index contributed by atoms with van der Waals surface area (Å²) < 4.78 is 28.9. The lowest BCUT2D eigenvalue weighted by Crippen LogP contribution is -2.61. The van der Waals surface area contributed by atoms with Crippen molar-refractivity contribution in [3.63, 3.8) is 0 Å². The summed E-state index contributed by atoms with van der Waals surface area (Å²) in [7, 11) is 0. The lowest BCUT2D eigenvalue weighted by Gasteiger charge is -2.45. The van der Waals surface area contributed by atoms with E-state index in [1.165, 1.54) is 87.3 Å². The summed E-state index contributed by atoms with van der Waals surface area (Å²) in [4.78, 5) is 5.46. The first kappa shape index (κ1) is 85.1. The smallest absolute Gasteiger partial charge is 0.252 e. The molecule has 0 aliphatic carbocycles. The van der Waals surface area contributed by atoms with Crippen LogP contribution in [-0.4, -0.2) is 34.1 Å². The fourth-order valence-corrected chi connectivity index (χ4v) is 25.0. The highest BCUT2D eigenvalue weighted by Gasteiger charge is 2.47. The lowest BCUT2D eigenvalue weighted by molar-refractivity contribution is 0.590. The van der Waals surface area contributed by atoms with Crippen molar-refractivity contribution in [1.82, 2.24) is 27.4 Å². The molecule has 2 aliphatic heterocycles. The summed E-state index contributed by atoms with van der Waals surface area (Å²) in [5.74, 6) is 0. The molecule has 0 saturated carbocycles. The molecule has 8 aromatic heterocycles. The van der Waals surface area contributed by atoms with Gasteiger partial charge in [-0.2, -0.15) is 0 Å². The van der Waals surface area contributed by atoms with Crippen LogP contribution in [0, 0.1) is 0 Å². The Balaban J connectivity index is 0.767. The standard InChI is InChI=1S/C134H107BN8O2/c1-130(2,3)78-46-58-111-97(66-78)98-67-79(131(4,5)6)47-59-112(98)138(111)87-50-56-105-119(76-87)142(117-42-28-36-95-101-72-83(136-107-38-22-16-30-89(107)90-31-17-23-39-108(90)136)52-62-115(101)140(128(95)117)85-54-64-125-103(74-85)93-34-20-26-44-123(93)144-125)121-70-82(134(13,14)15)71-122-127(121)135(105)106-57-51-88(139-113-60-48-80(132(7,8)9)68-99(113)100-69-81(133(10,11)12)49-61-114(100)139)77-120(106)143(122)118-43-29-37-96-102-73-84(137-109-40-24-18-32-91(109)92-33-19-25-41-110(92)137)53-63-116(102)141(129(96)118)86-55-65-126-104(75-86)94-35-21-27-45-124(94)145-126/h16-77H,1-15H3. The van der Waals surface area contributed by atoms with Crippen LogP contribution in [0.15, 0.2) is 385 Å². The highest BCUT2D eigenvalue weighted by atomic mass is 16.3. The van der Waals surface area contributed by atoms with Gasteiger partial charge in [-0.25, -0.2) is 0 Å². The van der Waals surface area contributed by atoms with Gasteiger partial charge < -0.3 is 46.0 Å². The number of hydrogen-bond acceptors (Lipinski definition) is 4. The van der Waals surface area contributed by atoms with Crippen molar-refractivity contribution in [2.45, 2.75) is 131 Å². The Bertz CT molecular complexity index is 9540. The molecule has 29 rings (SSSR count). The molecule has 10 heterocycles. The Morgan fingerprint density at radius 1 is 0.172 bits per heavy atom. The monoisotopic (exact) mass is 1870 g/mol. The second kappa shape index (κ2) is 29.9. The molecule has 10 nitrogen and oxygen atoms in total. The Labute approximate surface area is 841 Å². The van der Waals surface area contributed by atoms with E-state index in [9.17, 15) is 0 Å². The minimum absolute atomic E-state index is 0.110. The van der Waals surface area contributed by atoms with Gasteiger partial charge in [0.1, 0.15) is 22.3 Å². The normalized spacial score (nSPS) is 13.4. The molecule has 2 aliphatic rings. The number of rotatable bonds is 8. The molecule has 27 aromatic rings. The highest BCUT2D eigenvalue weighted by Crippen LogP contribution is 2.55. The Hall–Kier alpha value is -16.8. The van der Waals surface area contributed by atoms with Gasteiger partial charge in [0.05, 0.1) is 77.6 Å². The molecule has 0 amide bonds. The van der Waals surface area contributed by atoms with Crippen LogP contribution in [0.25, 0.3) is 209 Å². The Morgan fingerprint density at radius 2 is 0.428 bits per heavy atom. The van der Waals surface area contributed by atoms with Crippen LogP contribution in [0.3, 0.4) is 0 Å². The van der Waals surface area contributed by atoms with Crippen molar-refractivity contribution >= 4 is 232 Å². The minimum Gasteiger partial charge on any atom is -0.456 e. The zero-order valence-corrected chi connectivity index (χ0v) is 84.3. The van der Waals surface area contributed by atoms with Gasteiger partial charge in [0, 0.05) is 143 Å². The first-order chi connectivity index (χ1) is 70.1. The third kappa shape index (κ3) is 12.4. The van der Waals surface area contributed by atoms with Crippen LogP contribution in [0.2, 0.25) is 0 Å². The third-order valence-corrected chi connectivity index (χ3v) is 32.3. The second-order valence-electron chi connectivity index (χ2n) is 46.1. The van der Waals surface area contributed by atoms with Gasteiger partial charge in [0.15, 0.2) is 0 Å². The van der Waals surface area contributed by atoms with E-state index in [2.05, 4.69) is 517 Å². The Kier molecular flexibility index (Phi) is 17.6. The summed E-state index contributed by atoms with van der Waals surface area (Å²) >= 11 is 0. The quantitative estimate of drug-likeness (QED) is 0.142. The zero-order chi connectivity index (χ0) is 98.0. The fourth-order valence-electron chi connectivity index (χ4n) is 25.0. The number of fused-ring (bicyclic) bond motifs is 28. The van der Waals surface area contributed by atoms with Crippen molar-refractivity contribution in [3.8, 4) is 34.1 Å². The van der Waals surface area contributed by atoms with Gasteiger partial charge in [0.25, 0.3) is 6.71 Å². The maximum Gasteiger partial charge on any atom is 0.252 e. The number of para-hydroxylation sites is 8. The third-order valence-electron chi connectivity index (χ3n) is 32.3. The first-order valence-electron chi connectivity index (χ1n) is 51.3. The molecule has 11 heteroatoms. The fraction of sp³-hybridized carbons (Fsp3) is 0.149. The van der Waals surface area contributed by atoms with Crippen LogP contribution in [0.5, 0.6) is 0 Å². The SMILES string of the molecule is CC(C)(C)c1cc2c3c(c1)N(c1cccc4c5cc(-n6c7ccccc7c7ccccc76)ccc5n(-c5ccc6oc7ccccc7c6c5)c14)c1cc(-n4c5ccc(C(C)(C)C)cc5c5cc(C(C)(C)C)ccc54)ccc1B3c1ccc(-n3c4ccc(C(C)(C)C)cc4c4cc(C(C)(C)C)ccc43)cc1N2c1cccc2c3cc(-n4c5ccccc5c5ccccc54)ccc3n(-c3ccc4oc5ccccc5c4c3)c12. The van der Waals surface area contributed by atoms with Gasteiger partial charge in [-0.05, 0) is 278 Å². The van der Waals surface area contributed by atoms with Crippen molar-refractivity contribution < 1.29 is 8.83 Å². The van der Waals surface area contributed by atoms with Crippen LogP contribution < -0.4 is 26.2 Å². The molecule has 0 atom stereocenters. The first-order valence-corrected chi connectivity index (χ1v) is 51.3. The molecule has 0 saturated heterocycles. The van der Waals surface area contributed by atoms with Gasteiger partial charge in [-0.15, -0.1) is 0 Å². The summed E-state index contributed by atoms with van der Waals surface area (Å²) in [6, 6.07) is 145. The maximum atomic E-state index is 6.79. The van der Waals surface area contributed by atoms with E-state index in [0.29, 0.717) is 0 Å². The van der Waals surface area contributed by atoms with Crippen molar-refractivity contribution in [2.24, 2.45) is 0 Å². The van der Waals surface area contributed by atoms with E-state index in [1.807, 2.05) is 0 Å². The highest BCUT2D eigenvalue weighted by molar-refractivity contribution is 7.00. The second-order valence-corrected chi connectivity index (χ2v) is 46.1. The van der Waals surface area contributed by atoms with E-state index in [-0.39, 0.29) is 28.4 Å². The lowest BCUT2D eigenvalue weighted by atomic mass is 9.33. The largest absolute Gasteiger partial charge is 0.456 e. The number of benzene rings is 19. The summed E-state index contributed by atoms with van der Waals surface area (Å²) in [5, 5.41) is 18.6. The number of nitrogens with zero attached hydrogens (tertiary/aromatic N) is 8. The number of aromatic nitrogens is 6.